The molecule has 2 unspecified atom stereocenters. The molecule has 0 aliphatic heterocycles. The summed E-state index contributed by atoms with van der Waals surface area (Å²) in [5.74, 6) is 1.90. The molecule has 0 saturated heterocycles. The highest BCUT2D eigenvalue weighted by Gasteiger charge is 2.11. The lowest BCUT2D eigenvalue weighted by atomic mass is 9.98. The van der Waals surface area contributed by atoms with Crippen LogP contribution in [-0.2, 0) is 7.05 Å². The summed E-state index contributed by atoms with van der Waals surface area (Å²) in [4.78, 5) is 0. The molecule has 0 radical (unpaired) electrons. The van der Waals surface area contributed by atoms with Crippen LogP contribution in [-0.4, -0.2) is 15.8 Å². The zero-order valence-electron chi connectivity index (χ0n) is 10.3. The fourth-order valence-corrected chi connectivity index (χ4v) is 1.70. The maximum absolute atomic E-state index is 4.16. The molecule has 1 aromatic rings. The maximum Gasteiger partial charge on any atom is 0.124 e. The van der Waals surface area contributed by atoms with Crippen LogP contribution in [0.1, 0.15) is 40.0 Å². The molecule has 0 aliphatic rings. The molecule has 0 aliphatic carbocycles. The molecular formula is C12H23N3. The number of anilines is 1. The average Bonchev–Trinajstić information content (AvgIpc) is 2.63. The molecule has 2 atom stereocenters. The molecule has 0 spiro atoms. The average molecular weight is 209 g/mol. The summed E-state index contributed by atoms with van der Waals surface area (Å²) < 4.78 is 1.89. The number of rotatable bonds is 6. The van der Waals surface area contributed by atoms with Crippen molar-refractivity contribution < 1.29 is 0 Å². The quantitative estimate of drug-likeness (QED) is 0.780. The van der Waals surface area contributed by atoms with E-state index in [2.05, 4.69) is 31.2 Å². The standard InChI is InChI=1S/C12H23N3/c1-5-10(3)9-11(6-2)14-12-7-8-13-15(12)4/h7-8,10-11,14H,5-6,9H2,1-4H3. The van der Waals surface area contributed by atoms with Crippen LogP contribution >= 0.6 is 0 Å². The molecule has 1 aromatic heterocycles. The van der Waals surface area contributed by atoms with Crippen molar-refractivity contribution in [1.29, 1.82) is 0 Å². The lowest BCUT2D eigenvalue weighted by Gasteiger charge is -2.21. The molecular weight excluding hydrogens is 186 g/mol. The largest absolute Gasteiger partial charge is 0.368 e. The van der Waals surface area contributed by atoms with Gasteiger partial charge in [0.2, 0.25) is 0 Å². The van der Waals surface area contributed by atoms with E-state index in [0.29, 0.717) is 6.04 Å². The van der Waals surface area contributed by atoms with Crippen LogP contribution in [0.2, 0.25) is 0 Å². The van der Waals surface area contributed by atoms with Gasteiger partial charge in [0.05, 0.1) is 6.20 Å². The van der Waals surface area contributed by atoms with Gasteiger partial charge in [-0.2, -0.15) is 5.10 Å². The molecule has 0 aromatic carbocycles. The van der Waals surface area contributed by atoms with Gasteiger partial charge >= 0.3 is 0 Å². The van der Waals surface area contributed by atoms with Crippen molar-refractivity contribution >= 4 is 5.82 Å². The molecule has 0 amide bonds. The molecule has 0 fully saturated rings. The van der Waals surface area contributed by atoms with Crippen molar-refractivity contribution in [2.24, 2.45) is 13.0 Å². The summed E-state index contributed by atoms with van der Waals surface area (Å²) in [6.45, 7) is 6.80. The van der Waals surface area contributed by atoms with Gasteiger partial charge in [-0.15, -0.1) is 0 Å². The fraction of sp³-hybridized carbons (Fsp3) is 0.750. The Hall–Kier alpha value is -0.990. The second kappa shape index (κ2) is 5.79. The Balaban J connectivity index is 2.50. The number of aromatic nitrogens is 2. The Kier molecular flexibility index (Phi) is 4.66. The molecule has 1 N–H and O–H groups in total. The van der Waals surface area contributed by atoms with E-state index in [0.717, 1.165) is 18.2 Å². The smallest absolute Gasteiger partial charge is 0.124 e. The van der Waals surface area contributed by atoms with Gasteiger partial charge < -0.3 is 5.32 Å². The van der Waals surface area contributed by atoms with Crippen molar-refractivity contribution in [3.63, 3.8) is 0 Å². The first-order chi connectivity index (χ1) is 7.17. The monoisotopic (exact) mass is 209 g/mol. The van der Waals surface area contributed by atoms with Gasteiger partial charge in [0.1, 0.15) is 5.82 Å². The van der Waals surface area contributed by atoms with E-state index in [-0.39, 0.29) is 0 Å². The van der Waals surface area contributed by atoms with Crippen molar-refractivity contribution in [3.05, 3.63) is 12.3 Å². The van der Waals surface area contributed by atoms with Crippen LogP contribution in [0.5, 0.6) is 0 Å². The first-order valence-electron chi connectivity index (χ1n) is 5.91. The minimum absolute atomic E-state index is 0.565. The second-order valence-electron chi connectivity index (χ2n) is 4.34. The molecule has 86 valence electrons. The molecule has 0 saturated carbocycles. The maximum atomic E-state index is 4.16. The van der Waals surface area contributed by atoms with Crippen molar-refractivity contribution in [1.82, 2.24) is 9.78 Å². The summed E-state index contributed by atoms with van der Waals surface area (Å²) >= 11 is 0. The third kappa shape index (κ3) is 3.57. The number of hydrogen-bond acceptors (Lipinski definition) is 2. The van der Waals surface area contributed by atoms with Crippen LogP contribution in [0.25, 0.3) is 0 Å². The van der Waals surface area contributed by atoms with Crippen molar-refractivity contribution in [2.45, 2.75) is 46.1 Å². The Labute approximate surface area is 92.9 Å². The summed E-state index contributed by atoms with van der Waals surface area (Å²) in [5, 5.41) is 7.70. The summed E-state index contributed by atoms with van der Waals surface area (Å²) in [6.07, 6.45) is 5.48. The summed E-state index contributed by atoms with van der Waals surface area (Å²) in [5.41, 5.74) is 0. The summed E-state index contributed by atoms with van der Waals surface area (Å²) in [6, 6.07) is 2.59. The van der Waals surface area contributed by atoms with Gasteiger partial charge in [-0.05, 0) is 18.8 Å². The Bertz CT molecular complexity index is 280. The number of aryl methyl sites for hydroxylation is 1. The lowest BCUT2D eigenvalue weighted by Crippen LogP contribution is -2.22. The van der Waals surface area contributed by atoms with E-state index in [4.69, 9.17) is 0 Å². The van der Waals surface area contributed by atoms with Gasteiger partial charge in [0.25, 0.3) is 0 Å². The third-order valence-electron chi connectivity index (χ3n) is 3.05. The first kappa shape index (κ1) is 12.1. The predicted octanol–water partition coefficient (Wildman–Crippen LogP) is 3.05. The Morgan fingerprint density at radius 1 is 1.40 bits per heavy atom. The highest BCUT2D eigenvalue weighted by molar-refractivity contribution is 5.34. The number of nitrogens with zero attached hydrogens (tertiary/aromatic N) is 2. The van der Waals surface area contributed by atoms with Crippen LogP contribution < -0.4 is 5.32 Å². The van der Waals surface area contributed by atoms with Gasteiger partial charge in [-0.3, -0.25) is 4.68 Å². The highest BCUT2D eigenvalue weighted by Crippen LogP contribution is 2.16. The number of nitrogens with one attached hydrogen (secondary N) is 1. The Morgan fingerprint density at radius 2 is 2.13 bits per heavy atom. The van der Waals surface area contributed by atoms with E-state index < -0.39 is 0 Å². The highest BCUT2D eigenvalue weighted by atomic mass is 15.3. The third-order valence-corrected chi connectivity index (χ3v) is 3.05. The van der Waals surface area contributed by atoms with E-state index in [1.165, 1.54) is 12.8 Å². The molecule has 3 heteroatoms. The van der Waals surface area contributed by atoms with Crippen LogP contribution in [0.4, 0.5) is 5.82 Å². The number of hydrogen-bond donors (Lipinski definition) is 1. The topological polar surface area (TPSA) is 29.9 Å². The summed E-state index contributed by atoms with van der Waals surface area (Å²) in [7, 11) is 1.97. The Morgan fingerprint density at radius 3 is 2.60 bits per heavy atom. The van der Waals surface area contributed by atoms with E-state index in [1.54, 1.807) is 0 Å². The zero-order chi connectivity index (χ0) is 11.3. The predicted molar refractivity (Wildman–Crippen MR) is 65.0 cm³/mol. The molecule has 0 bridgehead atoms. The lowest BCUT2D eigenvalue weighted by molar-refractivity contribution is 0.460. The van der Waals surface area contributed by atoms with Gasteiger partial charge in [-0.1, -0.05) is 27.2 Å². The van der Waals surface area contributed by atoms with E-state index in [1.807, 2.05) is 24.0 Å². The van der Waals surface area contributed by atoms with Crippen LogP contribution in [0, 0.1) is 5.92 Å². The first-order valence-corrected chi connectivity index (χ1v) is 5.91. The van der Waals surface area contributed by atoms with Crippen LogP contribution in [0.15, 0.2) is 12.3 Å². The molecule has 1 heterocycles. The fourth-order valence-electron chi connectivity index (χ4n) is 1.70. The minimum Gasteiger partial charge on any atom is -0.368 e. The molecule has 1 rings (SSSR count). The second-order valence-corrected chi connectivity index (χ2v) is 4.34. The molecule has 15 heavy (non-hydrogen) atoms. The van der Waals surface area contributed by atoms with Crippen molar-refractivity contribution in [2.75, 3.05) is 5.32 Å². The SMILES string of the molecule is CCC(C)CC(CC)Nc1ccnn1C. The van der Waals surface area contributed by atoms with Gasteiger partial charge in [-0.25, -0.2) is 0 Å². The van der Waals surface area contributed by atoms with E-state index in [9.17, 15) is 0 Å². The van der Waals surface area contributed by atoms with Gasteiger partial charge in [0.15, 0.2) is 0 Å². The zero-order valence-corrected chi connectivity index (χ0v) is 10.3. The van der Waals surface area contributed by atoms with Crippen molar-refractivity contribution in [3.8, 4) is 0 Å². The normalized spacial score (nSPS) is 14.9. The van der Waals surface area contributed by atoms with Gasteiger partial charge in [0, 0.05) is 19.2 Å². The van der Waals surface area contributed by atoms with E-state index >= 15 is 0 Å². The van der Waals surface area contributed by atoms with Crippen LogP contribution in [0.3, 0.4) is 0 Å². The minimum atomic E-state index is 0.565. The molecule has 3 nitrogen and oxygen atoms in total.